The Morgan fingerprint density at radius 3 is 1.29 bits per heavy atom. The molecule has 3 radical (unpaired) electrons. The summed E-state index contributed by atoms with van der Waals surface area (Å²) in [5.41, 5.74) is 27.9. The summed E-state index contributed by atoms with van der Waals surface area (Å²) in [5, 5.41) is 43.8. The van der Waals surface area contributed by atoms with Gasteiger partial charge in [0, 0.05) is 152 Å². The number of aryl methyl sites for hydroxylation is 1. The number of aliphatic hydroxyl groups excluding tert-OH is 2. The summed E-state index contributed by atoms with van der Waals surface area (Å²) in [5.74, 6) is 0.261. The van der Waals surface area contributed by atoms with Gasteiger partial charge in [-0.15, -0.1) is 137 Å². The van der Waals surface area contributed by atoms with Crippen molar-refractivity contribution in [1.29, 1.82) is 0 Å². The topological polar surface area (TPSA) is 200 Å². The summed E-state index contributed by atoms with van der Waals surface area (Å²) in [6.07, 6.45) is 5.85. The van der Waals surface area contributed by atoms with Crippen LogP contribution in [0, 0.1) is 31.2 Å². The first-order chi connectivity index (χ1) is 69.4. The Labute approximate surface area is 933 Å². The number of phenolic OH excluding ortho intramolecular Hbond substituents is 2. The molecule has 0 saturated carbocycles. The fourth-order valence-corrected chi connectivity index (χ4v) is 17.8. The normalized spacial score (nSPS) is 12.1. The van der Waals surface area contributed by atoms with Gasteiger partial charge in [0.15, 0.2) is 24.3 Å². The number of para-hydroxylation sites is 5. The molecule has 12 aromatic carbocycles. The molecule has 1 aliphatic heterocycles. The van der Waals surface area contributed by atoms with Gasteiger partial charge >= 0.3 is 6.18 Å². The van der Waals surface area contributed by atoms with Crippen molar-refractivity contribution in [2.24, 2.45) is 0 Å². The van der Waals surface area contributed by atoms with E-state index in [1.54, 1.807) is 30.3 Å². The molecule has 2 aliphatic carbocycles. The number of alkyl halides is 3. The van der Waals surface area contributed by atoms with Crippen molar-refractivity contribution in [3.05, 3.63) is 469 Å². The minimum Gasteiger partial charge on any atom is -0.512 e. The summed E-state index contributed by atoms with van der Waals surface area (Å²) in [4.78, 5) is 50.2. The molecule has 0 bridgehead atoms. The Kier molecular flexibility index (Phi) is 40.6. The van der Waals surface area contributed by atoms with Crippen molar-refractivity contribution in [3.63, 3.8) is 0 Å². The Hall–Kier alpha value is -14.3. The zero-order valence-corrected chi connectivity index (χ0v) is 94.7. The molecule has 0 atom stereocenters. The van der Waals surface area contributed by atoms with E-state index in [1.165, 1.54) is 118 Å². The number of aromatic hydroxyl groups is 2. The van der Waals surface area contributed by atoms with Gasteiger partial charge in [-0.2, -0.15) is 17.7 Å². The summed E-state index contributed by atoms with van der Waals surface area (Å²) >= 11 is 0. The van der Waals surface area contributed by atoms with Crippen LogP contribution >= 0.6 is 0 Å². The number of hydrogen-bond acceptors (Lipinski definition) is 13. The molecular weight excluding hydrogens is 2590 g/mol. The van der Waals surface area contributed by atoms with E-state index in [1.807, 2.05) is 135 Å². The number of ketones is 2. The number of allylic oxidation sites excluding steroid dienone is 4. The molecule has 21 heteroatoms. The molecule has 3 aliphatic rings. The monoisotopic (exact) mass is 2710 g/mol. The van der Waals surface area contributed by atoms with Crippen LogP contribution in [0.15, 0.2) is 394 Å². The number of fused-ring (bicyclic) bond motifs is 8. The molecule has 19 aromatic rings. The number of anilines is 3. The van der Waals surface area contributed by atoms with Crippen molar-refractivity contribution in [2.75, 3.05) is 4.90 Å². The number of halogens is 3. The third-order valence-electron chi connectivity index (χ3n) is 25.1. The van der Waals surface area contributed by atoms with Crippen LogP contribution < -0.4 is 9.47 Å². The minimum atomic E-state index is -4.34. The second-order valence-corrected chi connectivity index (χ2v) is 38.8. The number of benzene rings is 12. The summed E-state index contributed by atoms with van der Waals surface area (Å²) in [6, 6.07) is 126. The smallest absolute Gasteiger partial charge is 0.381 e. The second-order valence-electron chi connectivity index (χ2n) is 38.8. The van der Waals surface area contributed by atoms with Crippen LogP contribution in [0.25, 0.3) is 123 Å². The van der Waals surface area contributed by atoms with Crippen LogP contribution in [0.5, 0.6) is 11.5 Å². The Bertz CT molecular complexity index is 7630. The molecule has 771 valence electrons. The van der Waals surface area contributed by atoms with Gasteiger partial charge in [-0.25, -0.2) is 9.97 Å². The fraction of sp³-hybridized carbons (Fsp3) is 0.171. The Morgan fingerprint density at radius 2 is 0.847 bits per heavy atom. The molecule has 0 unspecified atom stereocenters. The first kappa shape index (κ1) is 118. The zero-order chi connectivity index (χ0) is 103. The molecule has 0 saturated heterocycles. The molecular formula is C129H118F3Ir3N8O6Pt-3. The van der Waals surface area contributed by atoms with Gasteiger partial charge in [0.05, 0.1) is 51.1 Å². The van der Waals surface area contributed by atoms with E-state index >= 15 is 0 Å². The van der Waals surface area contributed by atoms with Crippen LogP contribution in [-0.4, -0.2) is 61.9 Å². The largest absolute Gasteiger partial charge is 0.512 e. The standard InChI is InChI=1S/C30H32N2O2.C24H19N2.2C18H14N.C16H9F3N.C12H10N.2C5H8O2.CH4.3Ir.Pt/c1-29(2,3)19-15-23(21-11-7-9-13-27(21)33)31-25(17-19)26-18-20(30(4,5)6)16-24(32-26)22-12-8-10-14-28(22)34;1-3-10-20(11-4-1)26(21-12-5-2-6-13-21)22-15-16-25-18-19-9-7-8-14-23(19)24(25)17-22;2*1-18(2)14-8-4-3-7-13(14)17-16-12(10-11-19-17)6-5-9-15(16)18;17-16(18,19)13-8-5-12(6-9-13)15-10-7-11-3-1-2-4-14(11)20-15;1-10-7-8-12(13-9-10)11-5-3-2-4-6-11;2*1-4(6)3-5(2)7;;;;;/h7-18,33-34H,1-6H3;1-17H,18H2;2*3-6,8-11H,1-2H3;1-5,7-10H;2-5,7-9H,1H3;2*3,6H,1-2H3;1H4;;;;/q;+1;4*-1;;;;;;;. The van der Waals surface area contributed by atoms with Crippen molar-refractivity contribution in [2.45, 2.75) is 146 Å². The van der Waals surface area contributed by atoms with Crippen molar-refractivity contribution < 1.29 is 129 Å². The number of aliphatic hydroxyl groups is 2. The molecule has 14 nitrogen and oxygen atoms in total. The van der Waals surface area contributed by atoms with E-state index in [-0.39, 0.29) is 145 Å². The van der Waals surface area contributed by atoms with E-state index < -0.39 is 11.7 Å². The molecule has 0 fully saturated rings. The van der Waals surface area contributed by atoms with Gasteiger partial charge in [-0.3, -0.25) is 14.6 Å². The number of hydrogen-bond donors (Lipinski definition) is 4. The zero-order valence-electron chi connectivity index (χ0n) is 85.2. The maximum Gasteiger partial charge on any atom is 0.381 e. The predicted molar refractivity (Wildman–Crippen MR) is 586 cm³/mol. The van der Waals surface area contributed by atoms with Crippen molar-refractivity contribution in [1.82, 2.24) is 29.9 Å². The number of phenols is 2. The average molecular weight is 2710 g/mol. The van der Waals surface area contributed by atoms with Crippen LogP contribution in [0.3, 0.4) is 0 Å². The number of pyridine rings is 7. The van der Waals surface area contributed by atoms with Crippen molar-refractivity contribution in [3.8, 4) is 102 Å². The number of rotatable bonds is 10. The van der Waals surface area contributed by atoms with Gasteiger partial charge in [-0.1, -0.05) is 234 Å². The maximum atomic E-state index is 12.5. The fourth-order valence-electron chi connectivity index (χ4n) is 17.8. The third kappa shape index (κ3) is 28.5. The number of nitrogens with zero attached hydrogens (tertiary/aromatic N) is 8. The van der Waals surface area contributed by atoms with Gasteiger partial charge in [0.1, 0.15) is 11.5 Å². The quantitative estimate of drug-likeness (QED) is 0.0437. The predicted octanol–water partition coefficient (Wildman–Crippen LogP) is 31.9. The van der Waals surface area contributed by atoms with E-state index in [2.05, 4.69) is 317 Å². The summed E-state index contributed by atoms with van der Waals surface area (Å²) in [6.45, 7) is 30.8. The van der Waals surface area contributed by atoms with Crippen LogP contribution in [0.1, 0.15) is 154 Å². The first-order valence-corrected chi connectivity index (χ1v) is 47.9. The second kappa shape index (κ2) is 51.8. The average Bonchev–Trinajstić information content (AvgIpc) is 0.849. The third-order valence-corrected chi connectivity index (χ3v) is 25.1. The van der Waals surface area contributed by atoms with Crippen molar-refractivity contribution >= 4 is 61.1 Å². The van der Waals surface area contributed by atoms with E-state index in [0.29, 0.717) is 33.8 Å². The number of carbonyl (C=O) groups excluding carboxylic acids is 2. The van der Waals surface area contributed by atoms with E-state index in [0.717, 1.165) is 97.2 Å². The molecule has 7 aromatic heterocycles. The van der Waals surface area contributed by atoms with Gasteiger partial charge < -0.3 is 40.3 Å². The van der Waals surface area contributed by atoms with Crippen LogP contribution in [0.4, 0.5) is 30.2 Å². The maximum absolute atomic E-state index is 12.5. The first-order valence-electron chi connectivity index (χ1n) is 47.9. The van der Waals surface area contributed by atoms with Crippen LogP contribution in [0.2, 0.25) is 0 Å². The van der Waals surface area contributed by atoms with Gasteiger partial charge in [0.2, 0.25) is 5.69 Å². The molecule has 150 heavy (non-hydrogen) atoms. The molecule has 22 rings (SSSR count). The summed E-state index contributed by atoms with van der Waals surface area (Å²) < 4.78 is 39.8. The molecule has 4 N–H and O–H groups in total. The molecule has 8 heterocycles. The minimum absolute atomic E-state index is 0. The Morgan fingerprint density at radius 1 is 0.407 bits per heavy atom. The summed E-state index contributed by atoms with van der Waals surface area (Å²) in [7, 11) is 0. The molecule has 0 amide bonds. The SMILES string of the molecule is C.CC(=O)C=C(C)O.CC(=O)C=C(C)O.CC(C)(C)c1cc(-c2cc(C(C)(C)C)cc(-c3ccccc3O)n2)nc(-c2ccccc2O)c1.CC1(C)c2ccc[c-]c2-c2nccc3cccc1c23.CC1(C)c2ccc[c-]c2-c2nccc3cccc1c23.Cc1ccc(-c2[c-]cccc2)nc1.FC(F)(F)c1c[c-]c(-c2ccc3ccccc3n2)cc1.[Ir].[Ir].[Ir].[Pt].c1ccc(N(c2ccccc2)c2cc[n+]3c(c2)-c2ccccc2C3)cc1. The van der Waals surface area contributed by atoms with E-state index in [4.69, 9.17) is 20.2 Å². The molecule has 0 spiro atoms. The van der Waals surface area contributed by atoms with Crippen LogP contribution in [-0.2, 0) is 125 Å². The van der Waals surface area contributed by atoms with Gasteiger partial charge in [-0.05, 0) is 236 Å². The van der Waals surface area contributed by atoms with E-state index in [9.17, 15) is 33.0 Å². The number of aromatic nitrogens is 7. The Balaban J connectivity index is 0.000000181. The van der Waals surface area contributed by atoms with Gasteiger partial charge in [0.25, 0.3) is 0 Å². The number of carbonyl (C=O) groups is 2.